The molecule has 0 heterocycles. The second kappa shape index (κ2) is 27.8. The summed E-state index contributed by atoms with van der Waals surface area (Å²) in [7, 11) is 5.94. The average Bonchev–Trinajstić information content (AvgIpc) is 2.84. The van der Waals surface area contributed by atoms with Crippen LogP contribution < -0.4 is 0 Å². The molecule has 0 radical (unpaired) electrons. The van der Waals surface area contributed by atoms with Crippen LogP contribution in [0.1, 0.15) is 155 Å². The Labute approximate surface area is 220 Å². The Kier molecular flexibility index (Phi) is 27.1. The minimum atomic E-state index is -0.0735. The van der Waals surface area contributed by atoms with Gasteiger partial charge >= 0.3 is 5.97 Å². The minimum absolute atomic E-state index is 0.0735. The summed E-state index contributed by atoms with van der Waals surface area (Å²) in [6, 6.07) is 0. The van der Waals surface area contributed by atoms with Gasteiger partial charge in [-0.15, -0.1) is 0 Å². The highest BCUT2D eigenvalue weighted by Crippen LogP contribution is 2.20. The Hall–Kier alpha value is -0.830. The maximum Gasteiger partial charge on any atom is 0.305 e. The van der Waals surface area contributed by atoms with E-state index in [0.29, 0.717) is 6.42 Å². The van der Waals surface area contributed by atoms with Crippen molar-refractivity contribution in [2.45, 2.75) is 155 Å². The number of rotatable bonds is 27. The lowest BCUT2D eigenvalue weighted by atomic mass is 9.93. The van der Waals surface area contributed by atoms with Crippen molar-refractivity contribution in [1.29, 1.82) is 0 Å². The predicted molar refractivity (Wildman–Crippen MR) is 155 cm³/mol. The molecular weight excluding hydrogens is 430 g/mol. The van der Waals surface area contributed by atoms with Crippen LogP contribution in [0, 0.1) is 5.92 Å². The van der Waals surface area contributed by atoms with Crippen molar-refractivity contribution in [3.63, 3.8) is 0 Å². The number of hydrogen-bond acceptors (Lipinski definition) is 3. The number of nitrogens with zero attached hydrogens (tertiary/aromatic N) is 1. The number of esters is 1. The third kappa shape index (κ3) is 27.6. The molecule has 0 aliphatic carbocycles. The van der Waals surface area contributed by atoms with E-state index in [1.54, 1.807) is 0 Å². The topological polar surface area (TPSA) is 29.5 Å². The van der Waals surface area contributed by atoms with E-state index < -0.39 is 0 Å². The van der Waals surface area contributed by atoms with Gasteiger partial charge in [0.1, 0.15) is 0 Å². The van der Waals surface area contributed by atoms with Crippen molar-refractivity contribution in [2.75, 3.05) is 27.7 Å². The number of carbonyl (C=O) groups excluding carboxylic acids is 1. The van der Waals surface area contributed by atoms with Crippen molar-refractivity contribution >= 4 is 5.97 Å². The van der Waals surface area contributed by atoms with Gasteiger partial charge in [-0.25, -0.2) is 0 Å². The van der Waals surface area contributed by atoms with Crippen molar-refractivity contribution in [3.8, 4) is 0 Å². The van der Waals surface area contributed by atoms with Gasteiger partial charge in [-0.1, -0.05) is 115 Å². The highest BCUT2D eigenvalue weighted by molar-refractivity contribution is 5.68. The molecule has 0 N–H and O–H groups in total. The first-order chi connectivity index (χ1) is 17.1. The number of methoxy groups -OCH3 is 1. The van der Waals surface area contributed by atoms with Crippen LogP contribution in [0.25, 0.3) is 0 Å². The summed E-state index contributed by atoms with van der Waals surface area (Å²) in [6.45, 7) is 3.58. The third-order valence-corrected chi connectivity index (χ3v) is 7.22. The van der Waals surface area contributed by atoms with Crippen LogP contribution in [-0.2, 0) is 9.53 Å². The molecule has 0 bridgehead atoms. The number of ether oxygens (including phenoxy) is 1. The van der Waals surface area contributed by atoms with Gasteiger partial charge in [0.05, 0.1) is 7.11 Å². The lowest BCUT2D eigenvalue weighted by Gasteiger charge is -2.21. The molecule has 0 saturated heterocycles. The highest BCUT2D eigenvalue weighted by atomic mass is 16.5. The van der Waals surface area contributed by atoms with E-state index in [4.69, 9.17) is 0 Å². The summed E-state index contributed by atoms with van der Waals surface area (Å²) < 4.78 is 4.67. The van der Waals surface area contributed by atoms with Crippen LogP contribution in [0.15, 0.2) is 12.2 Å². The molecule has 0 aromatic heterocycles. The molecule has 1 atom stereocenters. The Balaban J connectivity index is 3.50. The van der Waals surface area contributed by atoms with E-state index >= 15 is 0 Å². The van der Waals surface area contributed by atoms with Crippen molar-refractivity contribution < 1.29 is 9.53 Å². The van der Waals surface area contributed by atoms with Gasteiger partial charge in [-0.3, -0.25) is 4.79 Å². The third-order valence-electron chi connectivity index (χ3n) is 7.22. The largest absolute Gasteiger partial charge is 0.469 e. The Morgan fingerprint density at radius 2 is 1.09 bits per heavy atom. The zero-order valence-electron chi connectivity index (χ0n) is 24.5. The molecule has 0 saturated carbocycles. The molecule has 0 aromatic rings. The van der Waals surface area contributed by atoms with Gasteiger partial charge in [-0.2, -0.15) is 0 Å². The Morgan fingerprint density at radius 3 is 1.54 bits per heavy atom. The van der Waals surface area contributed by atoms with E-state index in [0.717, 1.165) is 18.8 Å². The van der Waals surface area contributed by atoms with Gasteiger partial charge in [0.2, 0.25) is 0 Å². The van der Waals surface area contributed by atoms with Gasteiger partial charge in [0.15, 0.2) is 0 Å². The molecular formula is C32H63NO2. The molecule has 1 unspecified atom stereocenters. The number of hydrogen-bond donors (Lipinski definition) is 0. The molecule has 0 aromatic carbocycles. The monoisotopic (exact) mass is 493 g/mol. The minimum Gasteiger partial charge on any atom is -0.469 e. The summed E-state index contributed by atoms with van der Waals surface area (Å²) in [6.07, 6.45) is 35.0. The smallest absolute Gasteiger partial charge is 0.305 e. The molecule has 3 nitrogen and oxygen atoms in total. The van der Waals surface area contributed by atoms with Crippen molar-refractivity contribution in [1.82, 2.24) is 4.90 Å². The maximum absolute atomic E-state index is 11.1. The van der Waals surface area contributed by atoms with Crippen LogP contribution in [0.4, 0.5) is 0 Å². The molecule has 0 aliphatic heterocycles. The lowest BCUT2D eigenvalue weighted by molar-refractivity contribution is -0.140. The summed E-state index contributed by atoms with van der Waals surface area (Å²) in [5.74, 6) is 0.835. The van der Waals surface area contributed by atoms with E-state index in [1.165, 1.54) is 142 Å². The van der Waals surface area contributed by atoms with Crippen molar-refractivity contribution in [2.24, 2.45) is 5.92 Å². The molecule has 0 spiro atoms. The molecule has 0 fully saturated rings. The first kappa shape index (κ1) is 34.2. The quantitative estimate of drug-likeness (QED) is 0.0647. The molecule has 3 heteroatoms. The zero-order valence-corrected chi connectivity index (χ0v) is 24.5. The normalized spacial score (nSPS) is 12.6. The predicted octanol–water partition coefficient (Wildman–Crippen LogP) is 9.89. The van der Waals surface area contributed by atoms with Gasteiger partial charge in [0.25, 0.3) is 0 Å². The summed E-state index contributed by atoms with van der Waals surface area (Å²) in [5.41, 5.74) is 0. The fourth-order valence-corrected chi connectivity index (χ4v) is 5.04. The molecule has 0 amide bonds. The summed E-state index contributed by atoms with van der Waals surface area (Å²) >= 11 is 0. The van der Waals surface area contributed by atoms with E-state index in [-0.39, 0.29) is 5.97 Å². The first-order valence-corrected chi connectivity index (χ1v) is 15.5. The van der Waals surface area contributed by atoms with E-state index in [9.17, 15) is 4.79 Å². The van der Waals surface area contributed by atoms with Gasteiger partial charge in [0, 0.05) is 13.0 Å². The number of allylic oxidation sites excluding steroid dienone is 2. The van der Waals surface area contributed by atoms with Gasteiger partial charge < -0.3 is 9.64 Å². The summed E-state index contributed by atoms with van der Waals surface area (Å²) in [5, 5.41) is 0. The second-order valence-corrected chi connectivity index (χ2v) is 11.1. The maximum atomic E-state index is 11.1. The van der Waals surface area contributed by atoms with Crippen molar-refractivity contribution in [3.05, 3.63) is 12.2 Å². The average molecular weight is 494 g/mol. The molecule has 0 rings (SSSR count). The molecule has 0 aliphatic rings. The standard InChI is InChI=1S/C32H63NO2/c1-5-6-7-8-18-21-24-27-31(30-33(2)3)28-25-22-19-16-14-12-10-9-11-13-15-17-20-23-26-29-32(34)35-4/h9,11,31H,5-8,10,12-30H2,1-4H3/b11-9-. The van der Waals surface area contributed by atoms with Crippen LogP contribution in [0.2, 0.25) is 0 Å². The SMILES string of the molecule is CCCCCCCCCC(CCCCCCCC/C=C\CCCCCCCC(=O)OC)CN(C)C. The van der Waals surface area contributed by atoms with Crippen LogP contribution >= 0.6 is 0 Å². The first-order valence-electron chi connectivity index (χ1n) is 15.5. The lowest BCUT2D eigenvalue weighted by Crippen LogP contribution is -2.21. The highest BCUT2D eigenvalue weighted by Gasteiger charge is 2.09. The van der Waals surface area contributed by atoms with E-state index in [2.05, 4.69) is 42.8 Å². The van der Waals surface area contributed by atoms with Crippen LogP contribution in [-0.4, -0.2) is 38.6 Å². The fraction of sp³-hybridized carbons (Fsp3) is 0.906. The van der Waals surface area contributed by atoms with Gasteiger partial charge in [-0.05, 0) is 65.0 Å². The van der Waals surface area contributed by atoms with Crippen LogP contribution in [0.5, 0.6) is 0 Å². The Morgan fingerprint density at radius 1 is 0.657 bits per heavy atom. The van der Waals surface area contributed by atoms with E-state index in [1.807, 2.05) is 0 Å². The Bertz CT molecular complexity index is 460. The second-order valence-electron chi connectivity index (χ2n) is 11.1. The number of carbonyl (C=O) groups is 1. The number of unbranched alkanes of at least 4 members (excludes halogenated alkanes) is 17. The summed E-state index contributed by atoms with van der Waals surface area (Å²) in [4.78, 5) is 13.4. The molecule has 35 heavy (non-hydrogen) atoms. The zero-order chi connectivity index (χ0) is 25.8. The molecule has 208 valence electrons. The van der Waals surface area contributed by atoms with Crippen LogP contribution in [0.3, 0.4) is 0 Å². The fourth-order valence-electron chi connectivity index (χ4n) is 5.04.